The lowest BCUT2D eigenvalue weighted by molar-refractivity contribution is 0.414. The lowest BCUT2D eigenvalue weighted by Gasteiger charge is -2.08. The SMILES string of the molecule is COc1cccc(CSc2cccc(NS(=O)(=O)c3cc4ccccc4o3)c2)c1. The van der Waals surface area contributed by atoms with E-state index in [9.17, 15) is 8.42 Å². The molecule has 0 fully saturated rings. The van der Waals surface area contributed by atoms with Crippen LogP contribution in [-0.2, 0) is 15.8 Å². The van der Waals surface area contributed by atoms with E-state index in [1.807, 2.05) is 54.6 Å². The predicted molar refractivity (Wildman–Crippen MR) is 116 cm³/mol. The first kappa shape index (κ1) is 19.4. The zero-order valence-electron chi connectivity index (χ0n) is 15.7. The Hall–Kier alpha value is -2.90. The van der Waals surface area contributed by atoms with E-state index in [4.69, 9.17) is 9.15 Å². The van der Waals surface area contributed by atoms with Gasteiger partial charge in [0.15, 0.2) is 0 Å². The highest BCUT2D eigenvalue weighted by molar-refractivity contribution is 7.98. The second-order valence-corrected chi connectivity index (χ2v) is 9.04. The Kier molecular flexibility index (Phi) is 5.51. The van der Waals surface area contributed by atoms with Crippen LogP contribution >= 0.6 is 11.8 Å². The second kappa shape index (κ2) is 8.23. The molecule has 0 aliphatic carbocycles. The van der Waals surface area contributed by atoms with Gasteiger partial charge in [0.05, 0.1) is 12.8 Å². The molecule has 0 saturated carbocycles. The Bertz CT molecular complexity index is 1220. The van der Waals surface area contributed by atoms with Gasteiger partial charge in [-0.1, -0.05) is 36.4 Å². The summed E-state index contributed by atoms with van der Waals surface area (Å²) in [4.78, 5) is 0.956. The smallest absolute Gasteiger partial charge is 0.295 e. The predicted octanol–water partition coefficient (Wildman–Crippen LogP) is 5.53. The average Bonchev–Trinajstić information content (AvgIpc) is 3.18. The molecule has 0 radical (unpaired) electrons. The minimum absolute atomic E-state index is 0.104. The molecule has 0 bridgehead atoms. The largest absolute Gasteiger partial charge is 0.497 e. The molecule has 0 saturated heterocycles. The van der Waals surface area contributed by atoms with Crippen LogP contribution in [-0.4, -0.2) is 15.5 Å². The van der Waals surface area contributed by atoms with Crippen molar-refractivity contribution in [2.24, 2.45) is 0 Å². The Morgan fingerprint density at radius 1 is 0.966 bits per heavy atom. The van der Waals surface area contributed by atoms with Crippen LogP contribution in [0.25, 0.3) is 11.0 Å². The summed E-state index contributed by atoms with van der Waals surface area (Å²) >= 11 is 1.62. The minimum atomic E-state index is -3.81. The zero-order chi connectivity index (χ0) is 20.3. The summed E-state index contributed by atoms with van der Waals surface area (Å²) in [6.45, 7) is 0. The van der Waals surface area contributed by atoms with Gasteiger partial charge in [0.2, 0.25) is 5.09 Å². The van der Waals surface area contributed by atoms with E-state index in [1.165, 1.54) is 6.07 Å². The molecule has 3 aromatic carbocycles. The summed E-state index contributed by atoms with van der Waals surface area (Å²) in [6, 6.07) is 23.9. The molecule has 0 atom stereocenters. The topological polar surface area (TPSA) is 68.5 Å². The molecule has 1 aromatic heterocycles. The van der Waals surface area contributed by atoms with Gasteiger partial charge in [0.1, 0.15) is 11.3 Å². The van der Waals surface area contributed by atoms with Crippen LogP contribution in [0.2, 0.25) is 0 Å². The summed E-state index contributed by atoms with van der Waals surface area (Å²) < 4.78 is 38.8. The van der Waals surface area contributed by atoms with Crippen molar-refractivity contribution in [2.75, 3.05) is 11.8 Å². The van der Waals surface area contributed by atoms with Crippen LogP contribution in [0.3, 0.4) is 0 Å². The third-order valence-corrected chi connectivity index (χ3v) is 6.59. The van der Waals surface area contributed by atoms with Gasteiger partial charge in [-0.3, -0.25) is 4.72 Å². The molecule has 148 valence electrons. The lowest BCUT2D eigenvalue weighted by Crippen LogP contribution is -2.12. The second-order valence-electron chi connectivity index (χ2n) is 6.38. The summed E-state index contributed by atoms with van der Waals surface area (Å²) in [5.41, 5.74) is 2.15. The fourth-order valence-electron chi connectivity index (χ4n) is 2.87. The first-order chi connectivity index (χ1) is 14.0. The Labute approximate surface area is 173 Å². The number of benzene rings is 3. The van der Waals surface area contributed by atoms with E-state index < -0.39 is 10.0 Å². The number of thioether (sulfide) groups is 1. The molecule has 0 amide bonds. The summed E-state index contributed by atoms with van der Waals surface area (Å²) in [6.07, 6.45) is 0. The maximum Gasteiger partial charge on any atom is 0.295 e. The number of ether oxygens (including phenoxy) is 1. The molecular weight excluding hydrogens is 406 g/mol. The van der Waals surface area contributed by atoms with Crippen LogP contribution in [0.15, 0.2) is 93.3 Å². The number of para-hydroxylation sites is 1. The molecule has 7 heteroatoms. The fourth-order valence-corrected chi connectivity index (χ4v) is 4.79. The van der Waals surface area contributed by atoms with E-state index in [2.05, 4.69) is 4.72 Å². The van der Waals surface area contributed by atoms with Gasteiger partial charge in [-0.15, -0.1) is 11.8 Å². The maximum atomic E-state index is 12.7. The molecule has 5 nitrogen and oxygen atoms in total. The highest BCUT2D eigenvalue weighted by Crippen LogP contribution is 2.28. The standard InChI is InChI=1S/C22H19NO4S2/c1-26-19-9-4-6-16(12-19)15-28-20-10-5-8-18(14-20)23-29(24,25)22-13-17-7-2-3-11-21(17)27-22/h2-14,23H,15H2,1H3. The fraction of sp³-hybridized carbons (Fsp3) is 0.0909. The van der Waals surface area contributed by atoms with Gasteiger partial charge >= 0.3 is 0 Å². The van der Waals surface area contributed by atoms with Crippen molar-refractivity contribution in [3.63, 3.8) is 0 Å². The van der Waals surface area contributed by atoms with Crippen molar-refractivity contribution in [1.82, 2.24) is 0 Å². The van der Waals surface area contributed by atoms with Gasteiger partial charge in [-0.05, 0) is 42.0 Å². The van der Waals surface area contributed by atoms with Crippen LogP contribution in [0, 0.1) is 0 Å². The molecular formula is C22H19NO4S2. The zero-order valence-corrected chi connectivity index (χ0v) is 17.3. The van der Waals surface area contributed by atoms with E-state index in [1.54, 1.807) is 37.1 Å². The van der Waals surface area contributed by atoms with Crippen molar-refractivity contribution in [1.29, 1.82) is 0 Å². The molecule has 1 N–H and O–H groups in total. The molecule has 29 heavy (non-hydrogen) atoms. The normalized spacial score (nSPS) is 11.5. The van der Waals surface area contributed by atoms with Crippen LogP contribution in [0.1, 0.15) is 5.56 Å². The summed E-state index contributed by atoms with van der Waals surface area (Å²) in [7, 11) is -2.17. The van der Waals surface area contributed by atoms with E-state index >= 15 is 0 Å². The molecule has 0 spiro atoms. The molecule has 4 aromatic rings. The number of hydrogen-bond donors (Lipinski definition) is 1. The third-order valence-electron chi connectivity index (χ3n) is 4.29. The number of nitrogens with one attached hydrogen (secondary N) is 1. The van der Waals surface area contributed by atoms with E-state index in [0.717, 1.165) is 27.3 Å². The molecule has 0 aliphatic rings. The van der Waals surface area contributed by atoms with Crippen molar-refractivity contribution in [3.8, 4) is 5.75 Å². The van der Waals surface area contributed by atoms with Gasteiger partial charge in [-0.25, -0.2) is 0 Å². The van der Waals surface area contributed by atoms with Crippen LogP contribution < -0.4 is 9.46 Å². The van der Waals surface area contributed by atoms with Gasteiger partial charge in [0, 0.05) is 22.1 Å². The number of sulfonamides is 1. The summed E-state index contributed by atoms with van der Waals surface area (Å²) in [5.74, 6) is 1.56. The van der Waals surface area contributed by atoms with Gasteiger partial charge in [0.25, 0.3) is 10.0 Å². The lowest BCUT2D eigenvalue weighted by atomic mass is 10.2. The van der Waals surface area contributed by atoms with Gasteiger partial charge in [-0.2, -0.15) is 8.42 Å². The first-order valence-electron chi connectivity index (χ1n) is 8.91. The van der Waals surface area contributed by atoms with E-state index in [0.29, 0.717) is 11.3 Å². The van der Waals surface area contributed by atoms with Crippen molar-refractivity contribution < 1.29 is 17.6 Å². The Morgan fingerprint density at radius 2 is 1.79 bits per heavy atom. The molecule has 0 aliphatic heterocycles. The van der Waals surface area contributed by atoms with Crippen molar-refractivity contribution in [2.45, 2.75) is 15.7 Å². The van der Waals surface area contributed by atoms with E-state index in [-0.39, 0.29) is 5.09 Å². The number of anilines is 1. The molecule has 0 unspecified atom stereocenters. The van der Waals surface area contributed by atoms with Gasteiger partial charge < -0.3 is 9.15 Å². The number of methoxy groups -OCH3 is 1. The Balaban J connectivity index is 1.49. The highest BCUT2D eigenvalue weighted by atomic mass is 32.2. The van der Waals surface area contributed by atoms with Crippen LogP contribution in [0.5, 0.6) is 5.75 Å². The number of rotatable bonds is 7. The minimum Gasteiger partial charge on any atom is -0.497 e. The monoisotopic (exact) mass is 425 g/mol. The number of fused-ring (bicyclic) bond motifs is 1. The maximum absolute atomic E-state index is 12.7. The molecule has 1 heterocycles. The number of furan rings is 1. The summed E-state index contributed by atoms with van der Waals surface area (Å²) in [5, 5.41) is 0.642. The first-order valence-corrected chi connectivity index (χ1v) is 11.4. The van der Waals surface area contributed by atoms with Crippen molar-refractivity contribution >= 4 is 38.4 Å². The van der Waals surface area contributed by atoms with Crippen LogP contribution in [0.4, 0.5) is 5.69 Å². The number of hydrogen-bond acceptors (Lipinski definition) is 5. The average molecular weight is 426 g/mol. The third kappa shape index (κ3) is 4.58. The Morgan fingerprint density at radius 3 is 2.62 bits per heavy atom. The highest BCUT2D eigenvalue weighted by Gasteiger charge is 2.19. The quantitative estimate of drug-likeness (QED) is 0.394. The molecule has 4 rings (SSSR count). The van der Waals surface area contributed by atoms with Crippen molar-refractivity contribution in [3.05, 3.63) is 84.4 Å².